The number of hydrogen-bond acceptors (Lipinski definition) is 3. The lowest BCUT2D eigenvalue weighted by atomic mass is 9.99. The van der Waals surface area contributed by atoms with Crippen molar-refractivity contribution in [2.24, 2.45) is 0 Å². The molecule has 0 aliphatic rings. The van der Waals surface area contributed by atoms with Crippen molar-refractivity contribution >= 4 is 22.1 Å². The summed E-state index contributed by atoms with van der Waals surface area (Å²) in [6, 6.07) is 14.5. The number of nitrogens with zero attached hydrogens (tertiary/aromatic N) is 1. The van der Waals surface area contributed by atoms with Crippen LogP contribution >= 0.6 is 11.3 Å². The van der Waals surface area contributed by atoms with E-state index in [1.165, 1.54) is 27.7 Å². The monoisotopic (exact) mass is 255 g/mol. The van der Waals surface area contributed by atoms with Gasteiger partial charge < -0.3 is 5.11 Å². The maximum Gasteiger partial charge on any atom is 0.0938 e. The van der Waals surface area contributed by atoms with E-state index in [-0.39, 0.29) is 0 Å². The third-order valence-electron chi connectivity index (χ3n) is 3.07. The highest BCUT2D eigenvalue weighted by Crippen LogP contribution is 2.25. The lowest BCUT2D eigenvalue weighted by Gasteiger charge is -2.10. The van der Waals surface area contributed by atoms with Gasteiger partial charge in [-0.3, -0.25) is 4.98 Å². The van der Waals surface area contributed by atoms with Crippen molar-refractivity contribution in [2.75, 3.05) is 0 Å². The number of aliphatic hydroxyl groups excluding tert-OH is 1. The van der Waals surface area contributed by atoms with E-state index in [0.29, 0.717) is 6.42 Å². The van der Waals surface area contributed by atoms with E-state index in [2.05, 4.69) is 29.2 Å². The molecular weight excluding hydrogens is 242 g/mol. The molecule has 0 saturated carbocycles. The fourth-order valence-electron chi connectivity index (χ4n) is 2.17. The van der Waals surface area contributed by atoms with E-state index in [9.17, 15) is 5.11 Å². The van der Waals surface area contributed by atoms with Crippen molar-refractivity contribution < 1.29 is 5.11 Å². The molecule has 0 bridgehead atoms. The van der Waals surface area contributed by atoms with Gasteiger partial charge in [0.05, 0.1) is 16.5 Å². The van der Waals surface area contributed by atoms with Crippen LogP contribution in [-0.4, -0.2) is 10.1 Å². The number of aliphatic hydroxyl groups is 1. The van der Waals surface area contributed by atoms with Crippen LogP contribution < -0.4 is 0 Å². The Kier molecular flexibility index (Phi) is 3.09. The molecule has 2 nitrogen and oxygen atoms in total. The van der Waals surface area contributed by atoms with Gasteiger partial charge in [-0.15, -0.1) is 11.3 Å². The molecule has 2 aromatic carbocycles. The lowest BCUT2D eigenvalue weighted by Crippen LogP contribution is -2.00. The van der Waals surface area contributed by atoms with Crippen LogP contribution in [0.2, 0.25) is 0 Å². The first kappa shape index (κ1) is 11.4. The molecule has 1 unspecified atom stereocenters. The summed E-state index contributed by atoms with van der Waals surface area (Å²) in [6.45, 7) is 0. The molecule has 3 aromatic rings. The van der Waals surface area contributed by atoms with E-state index < -0.39 is 6.10 Å². The highest BCUT2D eigenvalue weighted by Gasteiger charge is 2.11. The lowest BCUT2D eigenvalue weighted by molar-refractivity contribution is 0.182. The van der Waals surface area contributed by atoms with Gasteiger partial charge in [-0.2, -0.15) is 0 Å². The van der Waals surface area contributed by atoms with Crippen LogP contribution in [0.5, 0.6) is 0 Å². The Balaban J connectivity index is 1.95. The van der Waals surface area contributed by atoms with Crippen LogP contribution in [0, 0.1) is 0 Å². The second kappa shape index (κ2) is 4.88. The molecule has 0 amide bonds. The molecule has 1 aromatic heterocycles. The third kappa shape index (κ3) is 2.15. The topological polar surface area (TPSA) is 33.1 Å². The Labute approximate surface area is 110 Å². The smallest absolute Gasteiger partial charge is 0.0938 e. The second-order valence-electron chi connectivity index (χ2n) is 4.26. The van der Waals surface area contributed by atoms with E-state index in [0.717, 1.165) is 4.88 Å². The number of rotatable bonds is 3. The third-order valence-corrected chi connectivity index (χ3v) is 3.95. The average molecular weight is 255 g/mol. The molecule has 0 radical (unpaired) electrons. The highest BCUT2D eigenvalue weighted by atomic mass is 32.1. The molecule has 90 valence electrons. The van der Waals surface area contributed by atoms with Gasteiger partial charge in [-0.1, -0.05) is 42.5 Å². The molecule has 1 heterocycles. The Morgan fingerprint density at radius 1 is 1.11 bits per heavy atom. The fraction of sp³-hybridized carbons (Fsp3) is 0.133. The predicted molar refractivity (Wildman–Crippen MR) is 74.7 cm³/mol. The first-order valence-corrected chi connectivity index (χ1v) is 6.75. The van der Waals surface area contributed by atoms with Crippen molar-refractivity contribution in [2.45, 2.75) is 12.5 Å². The predicted octanol–water partition coefficient (Wildman–Crippen LogP) is 3.57. The van der Waals surface area contributed by atoms with Crippen LogP contribution in [0.25, 0.3) is 10.8 Å². The van der Waals surface area contributed by atoms with Crippen LogP contribution in [0.1, 0.15) is 16.5 Å². The van der Waals surface area contributed by atoms with E-state index >= 15 is 0 Å². The van der Waals surface area contributed by atoms with Gasteiger partial charge in [0.2, 0.25) is 0 Å². The van der Waals surface area contributed by atoms with E-state index in [1.54, 1.807) is 11.7 Å². The highest BCUT2D eigenvalue weighted by molar-refractivity contribution is 7.09. The van der Waals surface area contributed by atoms with Gasteiger partial charge in [0.25, 0.3) is 0 Å². The molecule has 1 atom stereocenters. The Morgan fingerprint density at radius 3 is 2.78 bits per heavy atom. The molecule has 3 rings (SSSR count). The summed E-state index contributed by atoms with van der Waals surface area (Å²) in [7, 11) is 0. The zero-order valence-electron chi connectivity index (χ0n) is 9.78. The number of thiazole rings is 1. The van der Waals surface area contributed by atoms with Crippen molar-refractivity contribution in [3.05, 3.63) is 64.6 Å². The number of aromatic nitrogens is 1. The average Bonchev–Trinajstić information content (AvgIpc) is 2.93. The largest absolute Gasteiger partial charge is 0.387 e. The SMILES string of the molecule is OC(Cc1cccc2ccccc12)c1cncs1. The summed E-state index contributed by atoms with van der Waals surface area (Å²) in [6.07, 6.45) is 1.90. The summed E-state index contributed by atoms with van der Waals surface area (Å²) >= 11 is 1.49. The van der Waals surface area contributed by atoms with Gasteiger partial charge in [0.15, 0.2) is 0 Å². The second-order valence-corrected chi connectivity index (χ2v) is 5.18. The van der Waals surface area contributed by atoms with Crippen molar-refractivity contribution in [3.63, 3.8) is 0 Å². The molecule has 0 saturated heterocycles. The first-order valence-electron chi connectivity index (χ1n) is 5.87. The maximum atomic E-state index is 10.2. The van der Waals surface area contributed by atoms with E-state index in [1.807, 2.05) is 18.2 Å². The van der Waals surface area contributed by atoms with Gasteiger partial charge >= 0.3 is 0 Å². The Morgan fingerprint density at radius 2 is 1.94 bits per heavy atom. The molecule has 1 N–H and O–H groups in total. The first-order chi connectivity index (χ1) is 8.84. The van der Waals surface area contributed by atoms with Crippen LogP contribution in [0.3, 0.4) is 0 Å². The van der Waals surface area contributed by atoms with Gasteiger partial charge in [-0.25, -0.2) is 0 Å². The fourth-order valence-corrected chi connectivity index (χ4v) is 2.78. The summed E-state index contributed by atoms with van der Waals surface area (Å²) in [5, 5.41) is 12.6. The molecule has 0 spiro atoms. The summed E-state index contributed by atoms with van der Waals surface area (Å²) in [5.74, 6) is 0. The minimum atomic E-state index is -0.469. The zero-order chi connectivity index (χ0) is 12.4. The van der Waals surface area contributed by atoms with Crippen molar-refractivity contribution in [1.82, 2.24) is 4.98 Å². The van der Waals surface area contributed by atoms with Crippen molar-refractivity contribution in [3.8, 4) is 0 Å². The minimum Gasteiger partial charge on any atom is -0.387 e. The van der Waals surface area contributed by atoms with Crippen LogP contribution in [-0.2, 0) is 6.42 Å². The van der Waals surface area contributed by atoms with Gasteiger partial charge in [0.1, 0.15) is 0 Å². The summed E-state index contributed by atoms with van der Waals surface area (Å²) in [5.41, 5.74) is 2.93. The van der Waals surface area contributed by atoms with E-state index in [4.69, 9.17) is 0 Å². The minimum absolute atomic E-state index is 0.469. The molecular formula is C15H13NOS. The molecule has 18 heavy (non-hydrogen) atoms. The van der Waals surface area contributed by atoms with Gasteiger partial charge in [-0.05, 0) is 16.3 Å². The molecule has 3 heteroatoms. The number of benzene rings is 2. The van der Waals surface area contributed by atoms with Gasteiger partial charge in [0, 0.05) is 12.6 Å². The standard InChI is InChI=1S/C15H13NOS/c17-14(15-9-16-10-18-15)8-12-6-3-5-11-4-1-2-7-13(11)12/h1-7,9-10,14,17H,8H2. The number of hydrogen-bond donors (Lipinski definition) is 1. The van der Waals surface area contributed by atoms with Crippen molar-refractivity contribution in [1.29, 1.82) is 0 Å². The molecule has 0 aliphatic carbocycles. The molecule has 0 fully saturated rings. The maximum absolute atomic E-state index is 10.2. The van der Waals surface area contributed by atoms with Crippen LogP contribution in [0.4, 0.5) is 0 Å². The van der Waals surface area contributed by atoms with Crippen LogP contribution in [0.15, 0.2) is 54.2 Å². The normalized spacial score (nSPS) is 12.7. The Bertz CT molecular complexity index is 643. The summed E-state index contributed by atoms with van der Waals surface area (Å²) in [4.78, 5) is 4.93. The summed E-state index contributed by atoms with van der Waals surface area (Å²) < 4.78 is 0. The Hall–Kier alpha value is -1.71. The number of fused-ring (bicyclic) bond motifs is 1. The molecule has 0 aliphatic heterocycles. The zero-order valence-corrected chi connectivity index (χ0v) is 10.6. The quantitative estimate of drug-likeness (QED) is 0.776.